The summed E-state index contributed by atoms with van der Waals surface area (Å²) in [5.41, 5.74) is -0.440. The number of anilines is 2. The second-order valence-electron chi connectivity index (χ2n) is 13.4. The van der Waals surface area contributed by atoms with Gasteiger partial charge in [0.15, 0.2) is 11.5 Å². The lowest BCUT2D eigenvalue weighted by Gasteiger charge is -2.32. The zero-order valence-electron chi connectivity index (χ0n) is 27.5. The van der Waals surface area contributed by atoms with Crippen LogP contribution >= 0.6 is 0 Å². The average Bonchev–Trinajstić information content (AvgIpc) is 4.04. The van der Waals surface area contributed by atoms with E-state index in [4.69, 9.17) is 14.2 Å². The number of ether oxygens (including phenoxy) is 3. The molecule has 0 bridgehead atoms. The van der Waals surface area contributed by atoms with E-state index in [9.17, 15) is 14.0 Å². The van der Waals surface area contributed by atoms with Crippen LogP contribution in [0.4, 0.5) is 20.2 Å². The van der Waals surface area contributed by atoms with Crippen molar-refractivity contribution < 1.29 is 32.6 Å². The fraction of sp³-hybridized carbons (Fsp3) is 0.378. The number of hydrogen-bond donors (Lipinski definition) is 3. The molecule has 0 radical (unpaired) electrons. The van der Waals surface area contributed by atoms with Gasteiger partial charge in [-0.1, -0.05) is 0 Å². The van der Waals surface area contributed by atoms with Crippen LogP contribution in [-0.2, 0) is 9.59 Å². The summed E-state index contributed by atoms with van der Waals surface area (Å²) in [4.78, 5) is 32.8. The Morgan fingerprint density at radius 3 is 2.31 bits per heavy atom. The summed E-state index contributed by atoms with van der Waals surface area (Å²) in [6.07, 6.45) is 6.63. The lowest BCUT2D eigenvalue weighted by Crippen LogP contribution is -2.48. The minimum atomic E-state index is -1.32. The topological polar surface area (TPSA) is 114 Å². The first kappa shape index (κ1) is 32.7. The van der Waals surface area contributed by atoms with E-state index < -0.39 is 28.9 Å². The van der Waals surface area contributed by atoms with Crippen LogP contribution in [0, 0.1) is 17.0 Å². The fourth-order valence-electron chi connectivity index (χ4n) is 6.27. The maximum Gasteiger partial charge on any atom is 0.240 e. The molecule has 0 spiro atoms. The summed E-state index contributed by atoms with van der Waals surface area (Å²) in [5.74, 6) is -0.559. The normalized spacial score (nSPS) is 18.0. The second kappa shape index (κ2) is 13.2. The Bertz CT molecular complexity index is 1870. The van der Waals surface area contributed by atoms with Crippen molar-refractivity contribution in [3.8, 4) is 23.0 Å². The zero-order chi connectivity index (χ0) is 34.2. The number of nitrogens with one attached hydrogen (secondary N) is 3. The van der Waals surface area contributed by atoms with Crippen LogP contribution in [-0.4, -0.2) is 67.1 Å². The molecule has 2 heterocycles. The number of halogens is 2. The monoisotopic (exact) mass is 671 g/mol. The van der Waals surface area contributed by atoms with E-state index in [2.05, 4.69) is 32.9 Å². The Labute approximate surface area is 283 Å². The summed E-state index contributed by atoms with van der Waals surface area (Å²) < 4.78 is 46.6. The van der Waals surface area contributed by atoms with Crippen molar-refractivity contribution >= 4 is 34.1 Å². The molecule has 0 unspecified atom stereocenters. The number of benzene rings is 3. The molecule has 2 saturated carbocycles. The molecule has 2 aliphatic carbocycles. The lowest BCUT2D eigenvalue weighted by molar-refractivity contribution is -0.131. The zero-order valence-corrected chi connectivity index (χ0v) is 27.5. The molecule has 0 atom stereocenters. The van der Waals surface area contributed by atoms with Gasteiger partial charge in [-0.15, -0.1) is 0 Å². The second-order valence-corrected chi connectivity index (χ2v) is 13.4. The van der Waals surface area contributed by atoms with Gasteiger partial charge in [-0.05, 0) is 107 Å². The molecule has 7 rings (SSSR count). The smallest absolute Gasteiger partial charge is 0.240 e. The van der Waals surface area contributed by atoms with Crippen molar-refractivity contribution in [2.24, 2.45) is 5.41 Å². The molecule has 3 N–H and O–H groups in total. The van der Waals surface area contributed by atoms with Gasteiger partial charge >= 0.3 is 0 Å². The number of nitrogens with zero attached hydrogens (tertiary/aromatic N) is 2. The van der Waals surface area contributed by atoms with Gasteiger partial charge in [0, 0.05) is 35.4 Å². The van der Waals surface area contributed by atoms with Crippen LogP contribution in [0.1, 0.15) is 38.5 Å². The molecule has 49 heavy (non-hydrogen) atoms. The first-order chi connectivity index (χ1) is 23.6. The Hall–Kier alpha value is -4.81. The van der Waals surface area contributed by atoms with E-state index in [1.165, 1.54) is 42.5 Å². The van der Waals surface area contributed by atoms with E-state index in [1.54, 1.807) is 25.4 Å². The number of fused-ring (bicyclic) bond motifs is 1. The standard InChI is InChI=1S/C37H39F2N5O5/c1-44-17-10-25(11-18-44)43-36(12-13-36)22-48-33-21-30-27(20-32(33)47-2)31(9-16-40-30)49-26-7-8-29(28(39)19-26)42-35(46)37(14-15-37)34(45)41-24-5-3-23(38)4-6-24/h3-9,16,19-21,25,43H,10-15,17-18,22H2,1-2H3,(H,41,45)(H,42,46). The van der Waals surface area contributed by atoms with Crippen molar-refractivity contribution in [2.45, 2.75) is 50.1 Å². The number of hydrogen-bond acceptors (Lipinski definition) is 8. The number of piperidine rings is 1. The van der Waals surface area contributed by atoms with Crippen LogP contribution in [0.5, 0.6) is 23.0 Å². The van der Waals surface area contributed by atoms with Gasteiger partial charge in [0.2, 0.25) is 11.8 Å². The number of amides is 2. The molecule has 256 valence electrons. The van der Waals surface area contributed by atoms with Crippen LogP contribution in [0.25, 0.3) is 10.9 Å². The molecular formula is C37H39F2N5O5. The Kier molecular flexibility index (Phi) is 8.84. The molecule has 1 aromatic heterocycles. The number of carbonyl (C=O) groups excluding carboxylic acids is 2. The number of aromatic nitrogens is 1. The largest absolute Gasteiger partial charge is 0.493 e. The lowest BCUT2D eigenvalue weighted by atomic mass is 10.0. The predicted molar refractivity (Wildman–Crippen MR) is 181 cm³/mol. The van der Waals surface area contributed by atoms with E-state index >= 15 is 4.39 Å². The number of carbonyl (C=O) groups is 2. The van der Waals surface area contributed by atoms with Crippen LogP contribution in [0.2, 0.25) is 0 Å². The number of methoxy groups -OCH3 is 1. The van der Waals surface area contributed by atoms with Gasteiger partial charge in [0.05, 0.1) is 23.9 Å². The molecule has 4 aromatic rings. The summed E-state index contributed by atoms with van der Waals surface area (Å²) >= 11 is 0. The molecule has 3 aromatic carbocycles. The Balaban J connectivity index is 1.01. The molecular weight excluding hydrogens is 632 g/mol. The van der Waals surface area contributed by atoms with Crippen molar-refractivity contribution in [1.82, 2.24) is 15.2 Å². The molecule has 3 aliphatic rings. The Morgan fingerprint density at radius 1 is 0.898 bits per heavy atom. The van der Waals surface area contributed by atoms with Crippen molar-refractivity contribution in [3.05, 3.63) is 78.5 Å². The van der Waals surface area contributed by atoms with Crippen LogP contribution in [0.15, 0.2) is 66.9 Å². The molecule has 12 heteroatoms. The number of rotatable bonds is 12. The van der Waals surface area contributed by atoms with Crippen LogP contribution < -0.4 is 30.2 Å². The third-order valence-corrected chi connectivity index (χ3v) is 9.71. The van der Waals surface area contributed by atoms with E-state index in [0.717, 1.165) is 38.8 Å². The molecule has 1 saturated heterocycles. The SMILES string of the molecule is COc1cc2c(Oc3ccc(NC(=O)C4(C(=O)Nc5ccc(F)cc5)CC4)c(F)c3)ccnc2cc1OCC1(NC2CCN(C)CC2)CC1. The van der Waals surface area contributed by atoms with Gasteiger partial charge in [-0.3, -0.25) is 14.6 Å². The van der Waals surface area contributed by atoms with Crippen molar-refractivity contribution in [2.75, 3.05) is 44.5 Å². The summed E-state index contributed by atoms with van der Waals surface area (Å²) in [5, 5.41) is 9.68. The first-order valence-corrected chi connectivity index (χ1v) is 16.6. The highest BCUT2D eigenvalue weighted by Gasteiger charge is 2.56. The van der Waals surface area contributed by atoms with E-state index in [0.29, 0.717) is 59.3 Å². The third kappa shape index (κ3) is 7.16. The highest BCUT2D eigenvalue weighted by atomic mass is 19.1. The highest BCUT2D eigenvalue weighted by Crippen LogP contribution is 2.48. The summed E-state index contributed by atoms with van der Waals surface area (Å²) in [6, 6.07) is 15.1. The van der Waals surface area contributed by atoms with Gasteiger partial charge < -0.3 is 35.1 Å². The third-order valence-electron chi connectivity index (χ3n) is 9.71. The number of likely N-dealkylation sites (tertiary alicyclic amines) is 1. The minimum Gasteiger partial charge on any atom is -0.493 e. The maximum absolute atomic E-state index is 15.3. The van der Waals surface area contributed by atoms with E-state index in [1.807, 2.05) is 6.07 Å². The molecule has 3 fully saturated rings. The molecule has 10 nitrogen and oxygen atoms in total. The average molecular weight is 672 g/mol. The van der Waals surface area contributed by atoms with Gasteiger partial charge in [-0.25, -0.2) is 8.78 Å². The van der Waals surface area contributed by atoms with Crippen LogP contribution in [0.3, 0.4) is 0 Å². The molecule has 2 amide bonds. The highest BCUT2D eigenvalue weighted by molar-refractivity contribution is 6.17. The van der Waals surface area contributed by atoms with Gasteiger partial charge in [0.25, 0.3) is 0 Å². The Morgan fingerprint density at radius 2 is 1.63 bits per heavy atom. The van der Waals surface area contributed by atoms with E-state index in [-0.39, 0.29) is 17.0 Å². The van der Waals surface area contributed by atoms with Crippen molar-refractivity contribution in [1.29, 1.82) is 0 Å². The minimum absolute atomic E-state index is 0.0235. The predicted octanol–water partition coefficient (Wildman–Crippen LogP) is 6.27. The quantitative estimate of drug-likeness (QED) is 0.151. The maximum atomic E-state index is 15.3. The number of pyridine rings is 1. The van der Waals surface area contributed by atoms with Gasteiger partial charge in [0.1, 0.15) is 35.2 Å². The first-order valence-electron chi connectivity index (χ1n) is 16.6. The fourth-order valence-corrected chi connectivity index (χ4v) is 6.27. The summed E-state index contributed by atoms with van der Waals surface area (Å²) in [6.45, 7) is 2.72. The van der Waals surface area contributed by atoms with Crippen molar-refractivity contribution in [3.63, 3.8) is 0 Å². The summed E-state index contributed by atoms with van der Waals surface area (Å²) in [7, 11) is 3.74. The molecule has 1 aliphatic heterocycles. The van der Waals surface area contributed by atoms with Gasteiger partial charge in [-0.2, -0.15) is 0 Å².